The van der Waals surface area contributed by atoms with Crippen molar-refractivity contribution in [3.8, 4) is 0 Å². The Morgan fingerprint density at radius 2 is 2.18 bits per heavy atom. The summed E-state index contributed by atoms with van der Waals surface area (Å²) in [7, 11) is 0. The number of hydrogen-bond acceptors (Lipinski definition) is 2. The zero-order valence-corrected chi connectivity index (χ0v) is 9.67. The third-order valence-electron chi connectivity index (χ3n) is 3.72. The lowest BCUT2D eigenvalue weighted by Crippen LogP contribution is -2.41. The molecule has 1 aromatic carbocycles. The summed E-state index contributed by atoms with van der Waals surface area (Å²) in [6.45, 7) is 1.76. The van der Waals surface area contributed by atoms with Crippen LogP contribution in [0.3, 0.4) is 0 Å². The predicted molar refractivity (Wildman–Crippen MR) is 60.6 cm³/mol. The van der Waals surface area contributed by atoms with E-state index in [4.69, 9.17) is 5.73 Å². The van der Waals surface area contributed by atoms with Crippen LogP contribution in [-0.2, 0) is 0 Å². The summed E-state index contributed by atoms with van der Waals surface area (Å²) >= 11 is 0. The van der Waals surface area contributed by atoms with E-state index in [2.05, 4.69) is 0 Å². The summed E-state index contributed by atoms with van der Waals surface area (Å²) in [6, 6.07) is 2.78. The first-order valence-corrected chi connectivity index (χ1v) is 5.70. The molecule has 2 rings (SSSR count). The number of carbonyl (C=O) groups excluding carboxylic acids is 1. The van der Waals surface area contributed by atoms with Crippen LogP contribution in [0.2, 0.25) is 0 Å². The number of carbonyl (C=O) groups is 1. The summed E-state index contributed by atoms with van der Waals surface area (Å²) in [5.74, 6) is -1.81. The second-order valence-corrected chi connectivity index (χ2v) is 4.87. The van der Waals surface area contributed by atoms with Crippen molar-refractivity contribution in [2.75, 3.05) is 0 Å². The van der Waals surface area contributed by atoms with E-state index in [1.165, 1.54) is 6.07 Å². The van der Waals surface area contributed by atoms with Gasteiger partial charge in [0.05, 0.1) is 5.56 Å². The fourth-order valence-electron chi connectivity index (χ4n) is 2.46. The Hall–Kier alpha value is -1.29. The number of nitrogens with two attached hydrogens (primary N) is 1. The fourth-order valence-corrected chi connectivity index (χ4v) is 2.46. The Morgan fingerprint density at radius 1 is 1.47 bits per heavy atom. The third kappa shape index (κ3) is 1.97. The molecule has 1 saturated carbocycles. The summed E-state index contributed by atoms with van der Waals surface area (Å²) in [6.07, 6.45) is 2.29. The van der Waals surface area contributed by atoms with Crippen molar-refractivity contribution < 1.29 is 13.6 Å². The summed E-state index contributed by atoms with van der Waals surface area (Å²) < 4.78 is 26.3. The van der Waals surface area contributed by atoms with Crippen LogP contribution in [0.25, 0.3) is 0 Å². The molecule has 0 amide bonds. The lowest BCUT2D eigenvalue weighted by molar-refractivity contribution is 0.0798. The largest absolute Gasteiger partial charge is 0.327 e. The third-order valence-corrected chi connectivity index (χ3v) is 3.72. The van der Waals surface area contributed by atoms with Crippen molar-refractivity contribution in [2.45, 2.75) is 32.2 Å². The average molecular weight is 239 g/mol. The highest BCUT2D eigenvalue weighted by Gasteiger charge is 2.43. The van der Waals surface area contributed by atoms with Gasteiger partial charge in [0.1, 0.15) is 11.6 Å². The van der Waals surface area contributed by atoms with Crippen LogP contribution < -0.4 is 5.73 Å². The quantitative estimate of drug-likeness (QED) is 0.806. The highest BCUT2D eigenvalue weighted by atomic mass is 19.1. The molecule has 0 aliphatic heterocycles. The molecule has 0 heterocycles. The summed E-state index contributed by atoms with van der Waals surface area (Å²) in [5.41, 5.74) is 5.13. The van der Waals surface area contributed by atoms with Crippen molar-refractivity contribution in [1.82, 2.24) is 0 Å². The van der Waals surface area contributed by atoms with Gasteiger partial charge in [0, 0.05) is 17.5 Å². The maximum absolute atomic E-state index is 13.5. The highest BCUT2D eigenvalue weighted by molar-refractivity contribution is 6.01. The zero-order chi connectivity index (χ0) is 12.6. The number of rotatable bonds is 2. The molecule has 0 bridgehead atoms. The normalized spacial score (nSPS) is 28.4. The number of benzene rings is 1. The molecule has 1 aliphatic rings. The standard InChI is InChI=1S/C13H15F2NO/c1-13(6-2-3-11(13)16)12(17)9-5-4-8(14)7-10(9)15/h4-5,7,11H,2-3,6,16H2,1H3. The van der Waals surface area contributed by atoms with Gasteiger partial charge in [-0.3, -0.25) is 4.79 Å². The second kappa shape index (κ2) is 4.18. The SMILES string of the molecule is CC1(C(=O)c2ccc(F)cc2F)CCCC1N. The van der Waals surface area contributed by atoms with Crippen molar-refractivity contribution in [3.63, 3.8) is 0 Å². The Labute approximate surface area is 98.8 Å². The van der Waals surface area contributed by atoms with Gasteiger partial charge in [-0.2, -0.15) is 0 Å². The van der Waals surface area contributed by atoms with Gasteiger partial charge in [0.15, 0.2) is 5.78 Å². The van der Waals surface area contributed by atoms with E-state index < -0.39 is 17.0 Å². The van der Waals surface area contributed by atoms with Gasteiger partial charge in [-0.05, 0) is 25.0 Å². The number of hydrogen-bond donors (Lipinski definition) is 1. The molecule has 4 heteroatoms. The molecule has 2 unspecified atom stereocenters. The minimum Gasteiger partial charge on any atom is -0.327 e. The first kappa shape index (κ1) is 12.2. The number of ketones is 1. The average Bonchev–Trinajstić information content (AvgIpc) is 2.60. The monoisotopic (exact) mass is 239 g/mol. The van der Waals surface area contributed by atoms with E-state index in [-0.39, 0.29) is 17.4 Å². The van der Waals surface area contributed by atoms with E-state index in [1.54, 1.807) is 6.92 Å². The Bertz CT molecular complexity index is 461. The Kier molecular flexibility index (Phi) is 3.00. The van der Waals surface area contributed by atoms with E-state index in [9.17, 15) is 13.6 Å². The molecule has 2 atom stereocenters. The molecule has 1 aliphatic carbocycles. The van der Waals surface area contributed by atoms with Gasteiger partial charge in [0.2, 0.25) is 0 Å². The topological polar surface area (TPSA) is 43.1 Å². The van der Waals surface area contributed by atoms with Gasteiger partial charge in [-0.1, -0.05) is 13.3 Å². The van der Waals surface area contributed by atoms with Crippen LogP contribution in [0.4, 0.5) is 8.78 Å². The lowest BCUT2D eigenvalue weighted by Gasteiger charge is -2.27. The summed E-state index contributed by atoms with van der Waals surface area (Å²) in [5, 5.41) is 0. The molecule has 1 aromatic rings. The van der Waals surface area contributed by atoms with E-state index in [0.717, 1.165) is 25.0 Å². The molecule has 0 spiro atoms. The molecular formula is C13H15F2NO. The minimum atomic E-state index is -0.810. The fraction of sp³-hybridized carbons (Fsp3) is 0.462. The maximum Gasteiger partial charge on any atom is 0.173 e. The van der Waals surface area contributed by atoms with Gasteiger partial charge in [-0.15, -0.1) is 0 Å². The van der Waals surface area contributed by atoms with Crippen LogP contribution in [-0.4, -0.2) is 11.8 Å². The molecule has 2 nitrogen and oxygen atoms in total. The summed E-state index contributed by atoms with van der Waals surface area (Å²) in [4.78, 5) is 12.3. The van der Waals surface area contributed by atoms with Crippen LogP contribution in [0.15, 0.2) is 18.2 Å². The molecule has 1 fully saturated rings. The first-order valence-electron chi connectivity index (χ1n) is 5.70. The zero-order valence-electron chi connectivity index (χ0n) is 9.67. The van der Waals surface area contributed by atoms with Crippen molar-refractivity contribution in [3.05, 3.63) is 35.4 Å². The number of halogens is 2. The first-order chi connectivity index (χ1) is 7.95. The molecule has 0 saturated heterocycles. The molecule has 17 heavy (non-hydrogen) atoms. The van der Waals surface area contributed by atoms with Crippen molar-refractivity contribution in [1.29, 1.82) is 0 Å². The van der Waals surface area contributed by atoms with Crippen molar-refractivity contribution in [2.24, 2.45) is 11.1 Å². The van der Waals surface area contributed by atoms with E-state index in [1.807, 2.05) is 0 Å². The number of Topliss-reactive ketones (excluding diaryl/α,β-unsaturated/α-hetero) is 1. The van der Waals surface area contributed by atoms with E-state index >= 15 is 0 Å². The van der Waals surface area contributed by atoms with Crippen LogP contribution >= 0.6 is 0 Å². The predicted octanol–water partition coefficient (Wildman–Crippen LogP) is 2.67. The Morgan fingerprint density at radius 3 is 2.71 bits per heavy atom. The molecule has 0 aromatic heterocycles. The van der Waals surface area contributed by atoms with Gasteiger partial charge in [0.25, 0.3) is 0 Å². The smallest absolute Gasteiger partial charge is 0.173 e. The Balaban J connectivity index is 2.37. The molecule has 2 N–H and O–H groups in total. The van der Waals surface area contributed by atoms with Crippen molar-refractivity contribution >= 4 is 5.78 Å². The molecule has 0 radical (unpaired) electrons. The van der Waals surface area contributed by atoms with Crippen LogP contribution in [0.5, 0.6) is 0 Å². The van der Waals surface area contributed by atoms with E-state index in [0.29, 0.717) is 6.42 Å². The molecule has 92 valence electrons. The molecular weight excluding hydrogens is 224 g/mol. The lowest BCUT2D eigenvalue weighted by atomic mass is 9.78. The van der Waals surface area contributed by atoms with Gasteiger partial charge < -0.3 is 5.73 Å². The second-order valence-electron chi connectivity index (χ2n) is 4.87. The van der Waals surface area contributed by atoms with Gasteiger partial charge >= 0.3 is 0 Å². The minimum absolute atomic E-state index is 0.0637. The maximum atomic E-state index is 13.5. The van der Waals surface area contributed by atoms with Crippen LogP contribution in [0.1, 0.15) is 36.5 Å². The van der Waals surface area contributed by atoms with Gasteiger partial charge in [-0.25, -0.2) is 8.78 Å². The highest BCUT2D eigenvalue weighted by Crippen LogP contribution is 2.39. The van der Waals surface area contributed by atoms with Crippen LogP contribution in [0, 0.1) is 17.0 Å².